The van der Waals surface area contributed by atoms with E-state index in [9.17, 15) is 37.1 Å². The zero-order chi connectivity index (χ0) is 33.7. The normalized spacial score (nSPS) is 18.5. The molecule has 3 heterocycles. The minimum Gasteiger partial charge on any atom is -0.490 e. The average molecular weight is 653 g/mol. The summed E-state index contributed by atoms with van der Waals surface area (Å²) in [4.78, 5) is 43.9. The van der Waals surface area contributed by atoms with Crippen molar-refractivity contribution in [2.75, 3.05) is 13.2 Å². The number of primary amides is 1. The largest absolute Gasteiger partial charge is 0.490 e. The van der Waals surface area contributed by atoms with E-state index >= 15 is 0 Å². The predicted octanol–water partition coefficient (Wildman–Crippen LogP) is 4.10. The Hall–Kier alpha value is -5.24. The number of amides is 2. The molecule has 0 bridgehead atoms. The van der Waals surface area contributed by atoms with Gasteiger partial charge in [0.05, 0.1) is 18.3 Å². The summed E-state index contributed by atoms with van der Waals surface area (Å²) in [6, 6.07) is 12.7. The highest BCUT2D eigenvalue weighted by molar-refractivity contribution is 5.95. The number of nitrogens with two attached hydrogens (primary N) is 1. The number of benzene rings is 2. The molecule has 2 aromatic heterocycles. The second kappa shape index (κ2) is 11.5. The summed E-state index contributed by atoms with van der Waals surface area (Å²) in [5.41, 5.74) is 0.0138. The van der Waals surface area contributed by atoms with Gasteiger partial charge in [-0.05, 0) is 74.4 Å². The number of nitrogens with zero attached hydrogens (tertiary/aromatic N) is 1. The van der Waals surface area contributed by atoms with Crippen molar-refractivity contribution < 1.29 is 41.7 Å². The van der Waals surface area contributed by atoms with Crippen LogP contribution in [-0.4, -0.2) is 52.3 Å². The molecule has 2 atom stereocenters. The van der Waals surface area contributed by atoms with Gasteiger partial charge in [-0.3, -0.25) is 14.4 Å². The molecule has 2 amide bonds. The number of fused-ring (bicyclic) bond motifs is 1. The number of H-pyrrole nitrogens is 1. The number of nitrogens with one attached hydrogen (secondary N) is 2. The lowest BCUT2D eigenvalue weighted by molar-refractivity contribution is -0.265. The van der Waals surface area contributed by atoms with Crippen molar-refractivity contribution in [2.24, 2.45) is 5.73 Å². The maximum Gasteiger partial charge on any atom is 0.424 e. The molecule has 2 aromatic carbocycles. The smallest absolute Gasteiger partial charge is 0.424 e. The topological polar surface area (TPSA) is 157 Å². The van der Waals surface area contributed by atoms with E-state index in [0.717, 1.165) is 31.0 Å². The number of alkyl halides is 3. The number of aromatic nitrogens is 2. The number of pyridine rings is 2. The monoisotopic (exact) mass is 652 g/mol. The Morgan fingerprint density at radius 3 is 2.43 bits per heavy atom. The van der Waals surface area contributed by atoms with Crippen LogP contribution >= 0.6 is 0 Å². The summed E-state index contributed by atoms with van der Waals surface area (Å²) < 4.78 is 69.6. The van der Waals surface area contributed by atoms with Gasteiger partial charge in [-0.2, -0.15) is 13.2 Å². The molecule has 5 N–H and O–H groups in total. The molecule has 1 saturated carbocycles. The number of hydrogen-bond acceptors (Lipinski definition) is 7. The van der Waals surface area contributed by atoms with E-state index in [4.69, 9.17) is 15.2 Å². The van der Waals surface area contributed by atoms with Gasteiger partial charge in [0, 0.05) is 40.1 Å². The van der Waals surface area contributed by atoms with Crippen LogP contribution in [-0.2, 0) is 15.8 Å². The molecule has 0 radical (unpaired) electrons. The van der Waals surface area contributed by atoms with Gasteiger partial charge in [-0.15, -0.1) is 0 Å². The van der Waals surface area contributed by atoms with Crippen LogP contribution in [0.15, 0.2) is 71.7 Å². The fourth-order valence-electron chi connectivity index (χ4n) is 5.19. The Morgan fingerprint density at radius 1 is 1.11 bits per heavy atom. The van der Waals surface area contributed by atoms with Gasteiger partial charge in [-0.25, -0.2) is 9.37 Å². The summed E-state index contributed by atoms with van der Waals surface area (Å²) >= 11 is 0. The maximum atomic E-state index is 14.8. The average Bonchev–Trinajstić information content (AvgIpc) is 3.79. The summed E-state index contributed by atoms with van der Waals surface area (Å²) in [5, 5.41) is 13.5. The first-order valence-corrected chi connectivity index (χ1v) is 14.5. The molecule has 0 saturated heterocycles. The zero-order valence-corrected chi connectivity index (χ0v) is 24.8. The van der Waals surface area contributed by atoms with Crippen molar-refractivity contribution in [3.63, 3.8) is 0 Å². The highest BCUT2D eigenvalue weighted by Gasteiger charge is 2.57. The van der Waals surface area contributed by atoms with Crippen molar-refractivity contribution in [1.82, 2.24) is 15.3 Å². The Kier molecular flexibility index (Phi) is 7.78. The molecule has 4 aromatic rings. The summed E-state index contributed by atoms with van der Waals surface area (Å²) in [7, 11) is 0. The van der Waals surface area contributed by atoms with Gasteiger partial charge in [0.2, 0.25) is 17.1 Å². The van der Waals surface area contributed by atoms with E-state index < -0.39 is 47.1 Å². The Bertz CT molecular complexity index is 1920. The molecule has 1 aliphatic carbocycles. The molecule has 47 heavy (non-hydrogen) atoms. The molecule has 1 unspecified atom stereocenters. The number of carbonyl (C=O) groups is 2. The van der Waals surface area contributed by atoms with E-state index in [1.165, 1.54) is 49.5 Å². The molecule has 14 heteroatoms. The van der Waals surface area contributed by atoms with Crippen LogP contribution in [0.1, 0.15) is 41.4 Å². The van der Waals surface area contributed by atoms with E-state index in [1.54, 1.807) is 6.07 Å². The van der Waals surface area contributed by atoms with Crippen molar-refractivity contribution >= 4 is 11.8 Å². The lowest BCUT2D eigenvalue weighted by atomic mass is 9.81. The molecule has 244 valence electrons. The number of aromatic amines is 1. The first-order chi connectivity index (χ1) is 22.2. The van der Waals surface area contributed by atoms with Crippen molar-refractivity contribution in [3.8, 4) is 33.9 Å². The third-order valence-electron chi connectivity index (χ3n) is 8.29. The maximum absolute atomic E-state index is 14.8. The molecule has 1 fully saturated rings. The third kappa shape index (κ3) is 5.91. The highest BCUT2D eigenvalue weighted by atomic mass is 19.4. The zero-order valence-electron chi connectivity index (χ0n) is 24.8. The summed E-state index contributed by atoms with van der Waals surface area (Å²) in [5.74, 6) is -2.21. The minimum atomic E-state index is -5.38. The van der Waals surface area contributed by atoms with Crippen LogP contribution in [0.3, 0.4) is 0 Å². The van der Waals surface area contributed by atoms with Gasteiger partial charge in [0.25, 0.3) is 5.91 Å². The number of hydrogen-bond donors (Lipinski definition) is 4. The molecular formula is C33H28F4N4O6. The van der Waals surface area contributed by atoms with E-state index in [2.05, 4.69) is 15.3 Å². The highest BCUT2D eigenvalue weighted by Crippen LogP contribution is 2.47. The molecule has 1 aliphatic heterocycles. The standard InChI is InChI=1S/C33H28F4N4O6/c1-31(30(38)44)16-46-28-23(31)13-25(41-27(28)17-2-6-20(34)7-3-17)32(45,33(35,36)37)15-40-29(43)18-4-10-22(19-5-11-26(42)39-14-19)24(12-18)47-21-8-9-21/h2-7,10-14,21,45H,8-9,15-16H2,1H3,(H2,38,44)(H,39,42)(H,40,43)/t31-,32?/m0/s1. The van der Waals surface area contributed by atoms with Gasteiger partial charge in [-0.1, -0.05) is 0 Å². The lowest BCUT2D eigenvalue weighted by Gasteiger charge is -2.31. The Morgan fingerprint density at radius 2 is 1.81 bits per heavy atom. The van der Waals surface area contributed by atoms with Crippen LogP contribution in [0, 0.1) is 5.82 Å². The number of carbonyl (C=O) groups excluding carboxylic acids is 2. The Labute approximate surface area is 264 Å². The van der Waals surface area contributed by atoms with Crippen LogP contribution < -0.4 is 26.1 Å². The van der Waals surface area contributed by atoms with Crippen molar-refractivity contribution in [1.29, 1.82) is 0 Å². The van der Waals surface area contributed by atoms with Gasteiger partial charge < -0.3 is 30.6 Å². The molecule has 6 rings (SSSR count). The number of ether oxygens (including phenoxy) is 2. The van der Waals surface area contributed by atoms with E-state index in [0.29, 0.717) is 11.1 Å². The number of rotatable bonds is 9. The van der Waals surface area contributed by atoms with E-state index in [-0.39, 0.29) is 52.2 Å². The lowest BCUT2D eigenvalue weighted by Crippen LogP contribution is -2.51. The fourth-order valence-corrected chi connectivity index (χ4v) is 5.19. The van der Waals surface area contributed by atoms with Crippen LogP contribution in [0.2, 0.25) is 0 Å². The van der Waals surface area contributed by atoms with Crippen LogP contribution in [0.25, 0.3) is 22.4 Å². The Balaban J connectivity index is 1.36. The molecular weight excluding hydrogens is 624 g/mol. The van der Waals surface area contributed by atoms with Crippen molar-refractivity contribution in [2.45, 2.75) is 43.1 Å². The first-order valence-electron chi connectivity index (χ1n) is 14.5. The van der Waals surface area contributed by atoms with Gasteiger partial charge >= 0.3 is 6.18 Å². The van der Waals surface area contributed by atoms with Crippen molar-refractivity contribution in [3.05, 3.63) is 99.9 Å². The van der Waals surface area contributed by atoms with Gasteiger partial charge in [0.1, 0.15) is 35.0 Å². The second-order valence-electron chi connectivity index (χ2n) is 11.7. The summed E-state index contributed by atoms with van der Waals surface area (Å²) in [6.45, 7) is -0.289. The second-order valence-corrected chi connectivity index (χ2v) is 11.7. The predicted molar refractivity (Wildman–Crippen MR) is 160 cm³/mol. The third-order valence-corrected chi connectivity index (χ3v) is 8.29. The first kappa shape index (κ1) is 31.7. The van der Waals surface area contributed by atoms with Crippen LogP contribution in [0.5, 0.6) is 11.5 Å². The molecule has 10 nitrogen and oxygen atoms in total. The van der Waals surface area contributed by atoms with Crippen LogP contribution in [0.4, 0.5) is 17.6 Å². The fraction of sp³-hybridized carbons (Fsp3) is 0.273. The minimum absolute atomic E-state index is 0.0407. The number of aliphatic hydroxyl groups is 1. The van der Waals surface area contributed by atoms with E-state index in [1.807, 2.05) is 0 Å². The number of halogens is 4. The summed E-state index contributed by atoms with van der Waals surface area (Å²) in [6.07, 6.45) is -2.43. The molecule has 2 aliphatic rings. The SMILES string of the molecule is C[C@]1(C(N)=O)COc2c1cc(C(O)(CNC(=O)c1ccc(-c3ccc(=O)[nH]c3)c(OC3CC3)c1)C(F)(F)F)nc2-c1ccc(F)cc1. The quantitative estimate of drug-likeness (QED) is 0.198. The molecule has 0 spiro atoms. The van der Waals surface area contributed by atoms with Gasteiger partial charge in [0.15, 0.2) is 0 Å².